The van der Waals surface area contributed by atoms with Crippen LogP contribution in [0.25, 0.3) is 5.65 Å². The van der Waals surface area contributed by atoms with Crippen molar-refractivity contribution in [2.45, 2.75) is 10.9 Å². The molecule has 0 saturated carbocycles. The maximum absolute atomic E-state index is 5.16. The zero-order valence-corrected chi connectivity index (χ0v) is 15.0. The molecular formula is C17H15N5OS2. The van der Waals surface area contributed by atoms with Gasteiger partial charge in [0.1, 0.15) is 5.75 Å². The van der Waals surface area contributed by atoms with E-state index in [0.29, 0.717) is 0 Å². The normalized spacial score (nSPS) is 10.9. The number of fused-ring (bicyclic) bond motifs is 1. The Bertz CT molecular complexity index is 980. The van der Waals surface area contributed by atoms with Crippen LogP contribution in [0.3, 0.4) is 0 Å². The molecule has 0 unspecified atom stereocenters. The van der Waals surface area contributed by atoms with Crippen LogP contribution in [0.15, 0.2) is 59.2 Å². The Morgan fingerprint density at radius 2 is 2.04 bits per heavy atom. The van der Waals surface area contributed by atoms with E-state index >= 15 is 0 Å². The number of thiazole rings is 1. The Morgan fingerprint density at radius 3 is 2.88 bits per heavy atom. The van der Waals surface area contributed by atoms with Gasteiger partial charge < -0.3 is 10.1 Å². The lowest BCUT2D eigenvalue weighted by molar-refractivity contribution is 0.415. The van der Waals surface area contributed by atoms with E-state index in [1.165, 1.54) is 0 Å². The zero-order valence-electron chi connectivity index (χ0n) is 13.4. The highest BCUT2D eigenvalue weighted by atomic mass is 32.2. The molecule has 3 aromatic heterocycles. The van der Waals surface area contributed by atoms with E-state index in [0.717, 1.165) is 38.8 Å². The van der Waals surface area contributed by atoms with Crippen molar-refractivity contribution in [1.29, 1.82) is 0 Å². The molecule has 6 nitrogen and oxygen atoms in total. The number of hydrogen-bond acceptors (Lipinski definition) is 7. The monoisotopic (exact) mass is 369 g/mol. The Morgan fingerprint density at radius 1 is 1.16 bits per heavy atom. The number of hydrogen-bond donors (Lipinski definition) is 1. The summed E-state index contributed by atoms with van der Waals surface area (Å²) >= 11 is 3.21. The number of thioether (sulfide) groups is 1. The van der Waals surface area contributed by atoms with Crippen molar-refractivity contribution in [2.75, 3.05) is 12.4 Å². The summed E-state index contributed by atoms with van der Waals surface area (Å²) in [5, 5.41) is 15.5. The number of ether oxygens (including phenoxy) is 1. The maximum atomic E-state index is 5.16. The summed E-state index contributed by atoms with van der Waals surface area (Å²) in [5.74, 6) is 1.58. The van der Waals surface area contributed by atoms with Gasteiger partial charge in [0.2, 0.25) is 0 Å². The fourth-order valence-electron chi connectivity index (χ4n) is 2.28. The van der Waals surface area contributed by atoms with Crippen LogP contribution in [0.2, 0.25) is 0 Å². The minimum absolute atomic E-state index is 0.747. The molecule has 0 bridgehead atoms. The third-order valence-electron chi connectivity index (χ3n) is 3.52. The number of rotatable bonds is 6. The van der Waals surface area contributed by atoms with Crippen LogP contribution in [-0.2, 0) is 5.75 Å². The zero-order chi connectivity index (χ0) is 17.1. The molecule has 0 aliphatic carbocycles. The molecule has 4 rings (SSSR count). The first-order valence-corrected chi connectivity index (χ1v) is 9.46. The highest BCUT2D eigenvalue weighted by molar-refractivity contribution is 7.98. The fourth-order valence-corrected chi connectivity index (χ4v) is 3.94. The summed E-state index contributed by atoms with van der Waals surface area (Å²) in [5.41, 5.74) is 2.85. The summed E-state index contributed by atoms with van der Waals surface area (Å²) in [4.78, 5) is 4.63. The van der Waals surface area contributed by atoms with Gasteiger partial charge in [-0.3, -0.25) is 4.40 Å². The third-order valence-corrected chi connectivity index (χ3v) is 5.31. The Hall–Kier alpha value is -2.58. The highest BCUT2D eigenvalue weighted by Gasteiger charge is 2.08. The lowest BCUT2D eigenvalue weighted by Crippen LogP contribution is -1.91. The minimum Gasteiger partial charge on any atom is -0.497 e. The van der Waals surface area contributed by atoms with E-state index in [1.54, 1.807) is 30.2 Å². The smallest absolute Gasteiger partial charge is 0.195 e. The van der Waals surface area contributed by atoms with E-state index in [1.807, 2.05) is 53.1 Å². The van der Waals surface area contributed by atoms with Crippen molar-refractivity contribution < 1.29 is 4.74 Å². The SMILES string of the molecule is COc1ccc(Nc2nc(CSc3nnc4ccccn34)cs2)cc1. The van der Waals surface area contributed by atoms with Gasteiger partial charge in [-0.15, -0.1) is 21.5 Å². The fraction of sp³-hybridized carbons (Fsp3) is 0.118. The van der Waals surface area contributed by atoms with Gasteiger partial charge in [0.15, 0.2) is 15.9 Å². The average molecular weight is 369 g/mol. The van der Waals surface area contributed by atoms with Crippen LogP contribution in [0.5, 0.6) is 5.75 Å². The first kappa shape index (κ1) is 15.9. The second-order valence-electron chi connectivity index (χ2n) is 5.20. The largest absolute Gasteiger partial charge is 0.497 e. The first-order valence-electron chi connectivity index (χ1n) is 7.60. The van der Waals surface area contributed by atoms with Crippen LogP contribution in [0.1, 0.15) is 5.69 Å². The predicted octanol–water partition coefficient (Wildman–Crippen LogP) is 4.23. The van der Waals surface area contributed by atoms with Gasteiger partial charge in [-0.1, -0.05) is 17.8 Å². The van der Waals surface area contributed by atoms with Crippen molar-refractivity contribution in [1.82, 2.24) is 19.6 Å². The van der Waals surface area contributed by atoms with Gasteiger partial charge in [0.25, 0.3) is 0 Å². The number of aromatic nitrogens is 4. The minimum atomic E-state index is 0.747. The predicted molar refractivity (Wildman–Crippen MR) is 101 cm³/mol. The highest BCUT2D eigenvalue weighted by Crippen LogP contribution is 2.26. The second kappa shape index (κ2) is 7.12. The summed E-state index contributed by atoms with van der Waals surface area (Å²) in [6.07, 6.45) is 1.97. The molecule has 0 spiro atoms. The van der Waals surface area contributed by atoms with Gasteiger partial charge in [-0.05, 0) is 36.4 Å². The van der Waals surface area contributed by atoms with Crippen molar-refractivity contribution in [3.05, 3.63) is 59.7 Å². The van der Waals surface area contributed by atoms with E-state index in [4.69, 9.17) is 4.74 Å². The molecule has 0 atom stereocenters. The first-order chi connectivity index (χ1) is 12.3. The van der Waals surface area contributed by atoms with E-state index < -0.39 is 0 Å². The molecule has 1 N–H and O–H groups in total. The number of nitrogens with one attached hydrogen (secondary N) is 1. The van der Waals surface area contributed by atoms with Gasteiger partial charge in [0.05, 0.1) is 12.8 Å². The molecule has 3 heterocycles. The lowest BCUT2D eigenvalue weighted by Gasteiger charge is -2.03. The molecule has 0 aliphatic heterocycles. The molecule has 0 radical (unpaired) electrons. The maximum Gasteiger partial charge on any atom is 0.195 e. The molecule has 8 heteroatoms. The number of pyridine rings is 1. The van der Waals surface area contributed by atoms with Gasteiger partial charge in [-0.2, -0.15) is 0 Å². The topological polar surface area (TPSA) is 64.3 Å². The van der Waals surface area contributed by atoms with E-state index in [9.17, 15) is 0 Å². The summed E-state index contributed by atoms with van der Waals surface area (Å²) < 4.78 is 7.14. The van der Waals surface area contributed by atoms with Gasteiger partial charge in [-0.25, -0.2) is 4.98 Å². The summed E-state index contributed by atoms with van der Waals surface area (Å²) in [6, 6.07) is 13.6. The molecule has 0 saturated heterocycles. The molecule has 0 amide bonds. The average Bonchev–Trinajstić information content (AvgIpc) is 3.27. The second-order valence-corrected chi connectivity index (χ2v) is 7.00. The third kappa shape index (κ3) is 3.59. The molecule has 0 aliphatic rings. The molecular weight excluding hydrogens is 354 g/mol. The molecule has 1 aromatic carbocycles. The Balaban J connectivity index is 1.41. The van der Waals surface area contributed by atoms with Crippen LogP contribution >= 0.6 is 23.1 Å². The van der Waals surface area contributed by atoms with Crippen LogP contribution in [-0.4, -0.2) is 26.7 Å². The Kier molecular flexibility index (Phi) is 4.53. The van der Waals surface area contributed by atoms with Crippen LogP contribution < -0.4 is 10.1 Å². The molecule has 4 aromatic rings. The van der Waals surface area contributed by atoms with Crippen LogP contribution in [0, 0.1) is 0 Å². The summed E-state index contributed by atoms with van der Waals surface area (Å²) in [7, 11) is 1.66. The molecule has 0 fully saturated rings. The van der Waals surface area contributed by atoms with E-state index in [-0.39, 0.29) is 0 Å². The van der Waals surface area contributed by atoms with Gasteiger partial charge >= 0.3 is 0 Å². The van der Waals surface area contributed by atoms with Crippen molar-refractivity contribution in [3.63, 3.8) is 0 Å². The standard InChI is InChI=1S/C17H15N5OS2/c1-23-14-7-5-12(6-8-14)18-16-19-13(10-24-16)11-25-17-21-20-15-4-2-3-9-22(15)17/h2-10H,11H2,1H3,(H,18,19). The molecule has 126 valence electrons. The van der Waals surface area contributed by atoms with Crippen molar-refractivity contribution in [3.8, 4) is 5.75 Å². The van der Waals surface area contributed by atoms with Gasteiger partial charge in [0, 0.05) is 23.0 Å². The quantitative estimate of drug-likeness (QED) is 0.513. The molecule has 25 heavy (non-hydrogen) atoms. The van der Waals surface area contributed by atoms with Crippen molar-refractivity contribution >= 4 is 39.6 Å². The van der Waals surface area contributed by atoms with E-state index in [2.05, 4.69) is 25.9 Å². The van der Waals surface area contributed by atoms with Crippen molar-refractivity contribution in [2.24, 2.45) is 0 Å². The lowest BCUT2D eigenvalue weighted by atomic mass is 10.3. The Labute approximate surface area is 152 Å². The number of benzene rings is 1. The number of nitrogens with zero attached hydrogens (tertiary/aromatic N) is 4. The number of methoxy groups -OCH3 is 1. The van der Waals surface area contributed by atoms with Crippen LogP contribution in [0.4, 0.5) is 10.8 Å². The number of anilines is 2. The summed E-state index contributed by atoms with van der Waals surface area (Å²) in [6.45, 7) is 0.